The Hall–Kier alpha value is -3.13. The van der Waals surface area contributed by atoms with Crippen molar-refractivity contribution >= 4 is 45.8 Å². The summed E-state index contributed by atoms with van der Waals surface area (Å²) in [6, 6.07) is 21.0. The number of piperidine rings is 1. The highest BCUT2D eigenvalue weighted by Gasteiger charge is 2.32. The number of para-hydroxylation sites is 2. The number of piperazine rings is 1. The molecule has 1 amide bonds. The Morgan fingerprint density at radius 1 is 0.925 bits per heavy atom. The molecule has 2 fully saturated rings. The van der Waals surface area contributed by atoms with Gasteiger partial charge in [-0.1, -0.05) is 47.5 Å². The molecule has 2 aliphatic rings. The fraction of sp³-hybridized carbons (Fsp3) is 0.355. The first-order valence-electron chi connectivity index (χ1n) is 13.8. The van der Waals surface area contributed by atoms with Crippen LogP contribution in [0.1, 0.15) is 24.2 Å². The molecule has 0 radical (unpaired) electrons. The Kier molecular flexibility index (Phi) is 7.96. The fourth-order valence-electron chi connectivity index (χ4n) is 5.92. The first kappa shape index (κ1) is 27.1. The van der Waals surface area contributed by atoms with E-state index in [9.17, 15) is 9.18 Å². The monoisotopic (exact) mass is 579 g/mol. The molecule has 0 N–H and O–H groups in total. The maximum atomic E-state index is 13.6. The van der Waals surface area contributed by atoms with Crippen molar-refractivity contribution in [2.45, 2.75) is 25.9 Å². The van der Waals surface area contributed by atoms with Crippen molar-refractivity contribution in [3.8, 4) is 0 Å². The number of hydrogen-bond donors (Lipinski definition) is 0. The number of rotatable bonds is 6. The zero-order chi connectivity index (χ0) is 27.6. The number of carbonyl (C=O) groups is 1. The van der Waals surface area contributed by atoms with E-state index < -0.39 is 5.82 Å². The van der Waals surface area contributed by atoms with Crippen molar-refractivity contribution in [1.29, 1.82) is 0 Å². The number of benzene rings is 3. The first-order valence-corrected chi connectivity index (χ1v) is 14.6. The molecule has 6 nitrogen and oxygen atoms in total. The normalized spacial score (nSPS) is 18.4. The predicted molar refractivity (Wildman–Crippen MR) is 158 cm³/mol. The van der Waals surface area contributed by atoms with Crippen LogP contribution < -0.4 is 4.90 Å². The average molecular weight is 581 g/mol. The predicted octanol–water partition coefficient (Wildman–Crippen LogP) is 6.09. The van der Waals surface area contributed by atoms with Gasteiger partial charge in [-0.15, -0.1) is 0 Å². The molecule has 0 aliphatic carbocycles. The lowest BCUT2D eigenvalue weighted by atomic mass is 9.96. The zero-order valence-corrected chi connectivity index (χ0v) is 23.8. The van der Waals surface area contributed by atoms with Crippen LogP contribution in [0, 0.1) is 11.7 Å². The van der Waals surface area contributed by atoms with Crippen molar-refractivity contribution in [1.82, 2.24) is 19.4 Å². The highest BCUT2D eigenvalue weighted by atomic mass is 35.5. The van der Waals surface area contributed by atoms with Gasteiger partial charge >= 0.3 is 0 Å². The molecule has 4 aromatic rings. The molecule has 2 saturated heterocycles. The molecule has 0 bridgehead atoms. The number of hydrogen-bond acceptors (Lipinski definition) is 4. The maximum Gasteiger partial charge on any atom is 0.227 e. The topological polar surface area (TPSA) is 44.6 Å². The Labute approximate surface area is 243 Å². The van der Waals surface area contributed by atoms with Gasteiger partial charge < -0.3 is 14.4 Å². The van der Waals surface area contributed by atoms with Crippen molar-refractivity contribution in [3.05, 3.63) is 94.0 Å². The summed E-state index contributed by atoms with van der Waals surface area (Å²) in [7, 11) is 0. The molecule has 0 saturated carbocycles. The number of nitrogens with zero attached hydrogens (tertiary/aromatic N) is 5. The summed E-state index contributed by atoms with van der Waals surface area (Å²) in [5, 5.41) is 0.852. The molecule has 0 spiro atoms. The van der Waals surface area contributed by atoms with Gasteiger partial charge in [-0.3, -0.25) is 9.69 Å². The van der Waals surface area contributed by atoms with Crippen LogP contribution in [0.25, 0.3) is 11.0 Å². The molecule has 3 heterocycles. The number of likely N-dealkylation sites (tertiary alicyclic amines) is 1. The summed E-state index contributed by atoms with van der Waals surface area (Å²) in [5.41, 5.74) is 4.15. The zero-order valence-electron chi connectivity index (χ0n) is 22.3. The van der Waals surface area contributed by atoms with Crippen LogP contribution in [-0.4, -0.2) is 64.5 Å². The second-order valence-electron chi connectivity index (χ2n) is 10.7. The summed E-state index contributed by atoms with van der Waals surface area (Å²) in [6.07, 6.45) is 1.90. The van der Waals surface area contributed by atoms with Gasteiger partial charge in [0.1, 0.15) is 11.6 Å². The molecule has 40 heavy (non-hydrogen) atoms. The van der Waals surface area contributed by atoms with Crippen molar-refractivity contribution in [3.63, 3.8) is 0 Å². The van der Waals surface area contributed by atoms with Gasteiger partial charge in [0, 0.05) is 50.0 Å². The molecule has 1 aromatic heterocycles. The van der Waals surface area contributed by atoms with Crippen LogP contribution in [-0.2, 0) is 17.9 Å². The highest BCUT2D eigenvalue weighted by molar-refractivity contribution is 6.31. The van der Waals surface area contributed by atoms with E-state index >= 15 is 0 Å². The lowest BCUT2D eigenvalue weighted by molar-refractivity contribution is -0.137. The van der Waals surface area contributed by atoms with E-state index in [1.165, 1.54) is 11.6 Å². The minimum absolute atomic E-state index is 0.0188. The van der Waals surface area contributed by atoms with Crippen molar-refractivity contribution < 1.29 is 9.18 Å². The lowest BCUT2D eigenvalue weighted by Crippen LogP contribution is -2.52. The first-order chi connectivity index (χ1) is 19.4. The van der Waals surface area contributed by atoms with Crippen LogP contribution in [0.3, 0.4) is 0 Å². The standard InChI is InChI=1S/C31H32Cl2FN5O/c32-24-9-7-22(8-10-24)19-39-29-6-2-1-5-28(29)35-30(39)21-36-13-3-4-23(20-36)31(40)38-16-14-37(15-17-38)25-11-12-27(34)26(33)18-25/h1-2,5-12,18,23H,3-4,13-17,19-21H2/t23-/m1/s1. The average Bonchev–Trinajstić information content (AvgIpc) is 3.32. The Bertz CT molecular complexity index is 1500. The molecule has 3 aromatic carbocycles. The third-order valence-corrected chi connectivity index (χ3v) is 8.61. The van der Waals surface area contributed by atoms with E-state index in [2.05, 4.69) is 38.6 Å². The van der Waals surface area contributed by atoms with Crippen LogP contribution in [0.2, 0.25) is 10.0 Å². The maximum absolute atomic E-state index is 13.6. The van der Waals surface area contributed by atoms with Gasteiger partial charge in [0.2, 0.25) is 5.91 Å². The number of halogens is 3. The number of anilines is 1. The largest absolute Gasteiger partial charge is 0.368 e. The van der Waals surface area contributed by atoms with Crippen LogP contribution in [0.4, 0.5) is 10.1 Å². The SMILES string of the molecule is O=C([C@@H]1CCCN(Cc2nc3ccccc3n2Cc2ccc(Cl)cc2)C1)N1CCN(c2ccc(F)c(Cl)c2)CC1. The minimum Gasteiger partial charge on any atom is -0.368 e. The molecule has 6 rings (SSSR count). The third-order valence-electron chi connectivity index (χ3n) is 8.07. The Morgan fingerprint density at radius 2 is 1.70 bits per heavy atom. The summed E-state index contributed by atoms with van der Waals surface area (Å²) >= 11 is 12.1. The second-order valence-corrected chi connectivity index (χ2v) is 11.6. The van der Waals surface area contributed by atoms with Gasteiger partial charge in [-0.05, 0) is 67.4 Å². The van der Waals surface area contributed by atoms with Crippen molar-refractivity contribution in [2.75, 3.05) is 44.2 Å². The van der Waals surface area contributed by atoms with E-state index in [0.29, 0.717) is 39.3 Å². The number of fused-ring (bicyclic) bond motifs is 1. The van der Waals surface area contributed by atoms with E-state index in [0.717, 1.165) is 53.5 Å². The molecule has 0 unspecified atom stereocenters. The summed E-state index contributed by atoms with van der Waals surface area (Å²) in [6.45, 7) is 5.82. The molecular weight excluding hydrogens is 548 g/mol. The summed E-state index contributed by atoms with van der Waals surface area (Å²) in [4.78, 5) is 25.1. The second kappa shape index (κ2) is 11.8. The van der Waals surface area contributed by atoms with Gasteiger partial charge in [0.25, 0.3) is 0 Å². The smallest absolute Gasteiger partial charge is 0.227 e. The van der Waals surface area contributed by atoms with Gasteiger partial charge in [0.15, 0.2) is 0 Å². The highest BCUT2D eigenvalue weighted by Crippen LogP contribution is 2.26. The number of aromatic nitrogens is 2. The number of carbonyl (C=O) groups excluding carboxylic acids is 1. The molecule has 208 valence electrons. The van der Waals surface area contributed by atoms with Crippen LogP contribution in [0.5, 0.6) is 0 Å². The fourth-order valence-corrected chi connectivity index (χ4v) is 6.22. The Morgan fingerprint density at radius 3 is 2.48 bits per heavy atom. The van der Waals surface area contributed by atoms with Gasteiger partial charge in [-0.2, -0.15) is 0 Å². The van der Waals surface area contributed by atoms with Crippen LogP contribution in [0.15, 0.2) is 66.7 Å². The number of amides is 1. The van der Waals surface area contributed by atoms with E-state index in [1.54, 1.807) is 12.1 Å². The summed E-state index contributed by atoms with van der Waals surface area (Å²) in [5.74, 6) is 0.809. The van der Waals surface area contributed by atoms with E-state index in [1.807, 2.05) is 29.2 Å². The van der Waals surface area contributed by atoms with Crippen LogP contribution >= 0.6 is 23.2 Å². The quantitative estimate of drug-likeness (QED) is 0.277. The molecular formula is C31H32Cl2FN5O. The minimum atomic E-state index is -0.415. The molecule has 9 heteroatoms. The van der Waals surface area contributed by atoms with Crippen molar-refractivity contribution in [2.24, 2.45) is 5.92 Å². The lowest BCUT2D eigenvalue weighted by Gasteiger charge is -2.39. The van der Waals surface area contributed by atoms with Gasteiger partial charge in [0.05, 0.1) is 28.5 Å². The van der Waals surface area contributed by atoms with Gasteiger partial charge in [-0.25, -0.2) is 9.37 Å². The van der Waals surface area contributed by atoms with E-state index in [4.69, 9.17) is 28.2 Å². The third kappa shape index (κ3) is 5.82. The molecule has 2 aliphatic heterocycles. The molecule has 1 atom stereocenters. The Balaban J connectivity index is 1.11. The summed E-state index contributed by atoms with van der Waals surface area (Å²) < 4.78 is 15.9. The number of imidazole rings is 1. The van der Waals surface area contributed by atoms with E-state index in [-0.39, 0.29) is 16.8 Å².